The average molecular weight is 409 g/mol. The Labute approximate surface area is 175 Å². The quantitative estimate of drug-likeness (QED) is 0.618. The molecule has 1 aromatic carbocycles. The molecule has 1 saturated heterocycles. The van der Waals surface area contributed by atoms with Gasteiger partial charge in [-0.25, -0.2) is 0 Å². The van der Waals surface area contributed by atoms with Gasteiger partial charge in [0.25, 0.3) is 11.5 Å². The first kappa shape index (κ1) is 20.3. The number of carbonyl (C=O) groups excluding carboxylic acids is 1. The molecule has 0 atom stereocenters. The lowest BCUT2D eigenvalue weighted by molar-refractivity contribution is 0.0642. The van der Waals surface area contributed by atoms with E-state index in [2.05, 4.69) is 16.9 Å². The number of rotatable bonds is 6. The number of likely N-dealkylation sites (N-methyl/N-ethyl adjacent to an activating group) is 1. The van der Waals surface area contributed by atoms with Gasteiger partial charge in [-0.15, -0.1) is 0 Å². The summed E-state index contributed by atoms with van der Waals surface area (Å²) in [4.78, 5) is 30.7. The number of methoxy groups -OCH3 is 1. The Hall–Kier alpha value is -2.97. The predicted octanol–water partition coefficient (Wildman–Crippen LogP) is 1.56. The number of hydrogen-bond donors (Lipinski definition) is 0. The van der Waals surface area contributed by atoms with Gasteiger partial charge < -0.3 is 19.1 Å². The fourth-order valence-corrected chi connectivity index (χ4v) is 3.82. The van der Waals surface area contributed by atoms with Crippen LogP contribution in [0.25, 0.3) is 16.9 Å². The molecule has 30 heavy (non-hydrogen) atoms. The van der Waals surface area contributed by atoms with Crippen molar-refractivity contribution in [1.29, 1.82) is 0 Å². The van der Waals surface area contributed by atoms with Gasteiger partial charge in [-0.2, -0.15) is 9.78 Å². The zero-order chi connectivity index (χ0) is 21.1. The average Bonchev–Trinajstić information content (AvgIpc) is 3.13. The number of benzene rings is 1. The molecule has 0 saturated carbocycles. The molecule has 158 valence electrons. The number of piperazine rings is 1. The first-order valence-electron chi connectivity index (χ1n) is 10.3. The molecule has 1 amide bonds. The summed E-state index contributed by atoms with van der Waals surface area (Å²) < 4.78 is 8.40. The summed E-state index contributed by atoms with van der Waals surface area (Å²) in [6, 6.07) is 9.27. The second-order valence-corrected chi connectivity index (χ2v) is 7.44. The van der Waals surface area contributed by atoms with E-state index in [-0.39, 0.29) is 11.5 Å². The molecule has 8 heteroatoms. The van der Waals surface area contributed by atoms with Crippen LogP contribution in [-0.4, -0.2) is 76.5 Å². The molecule has 0 spiro atoms. The van der Waals surface area contributed by atoms with E-state index in [4.69, 9.17) is 4.74 Å². The fourth-order valence-electron chi connectivity index (χ4n) is 3.82. The summed E-state index contributed by atoms with van der Waals surface area (Å²) in [5.74, 6) is -0.0831. The molecule has 0 bridgehead atoms. The van der Waals surface area contributed by atoms with Crippen molar-refractivity contribution >= 4 is 5.91 Å². The third-order valence-electron chi connectivity index (χ3n) is 5.61. The van der Waals surface area contributed by atoms with Gasteiger partial charge in [0.1, 0.15) is 5.69 Å². The Morgan fingerprint density at radius 1 is 1.10 bits per heavy atom. The molecule has 0 aliphatic carbocycles. The molecule has 3 aliphatic heterocycles. The van der Waals surface area contributed by atoms with Crippen LogP contribution in [0.1, 0.15) is 17.3 Å². The number of pyridine rings is 1. The van der Waals surface area contributed by atoms with E-state index in [1.807, 2.05) is 39.8 Å². The van der Waals surface area contributed by atoms with Crippen molar-refractivity contribution in [2.45, 2.75) is 13.5 Å². The lowest BCUT2D eigenvalue weighted by Crippen LogP contribution is -2.48. The van der Waals surface area contributed by atoms with Gasteiger partial charge in [0.15, 0.2) is 0 Å². The summed E-state index contributed by atoms with van der Waals surface area (Å²) in [5.41, 5.74) is 1.79. The van der Waals surface area contributed by atoms with Crippen LogP contribution in [0.4, 0.5) is 0 Å². The third-order valence-corrected chi connectivity index (χ3v) is 5.61. The number of carbonyl (C=O) groups is 1. The molecule has 0 aromatic heterocycles. The van der Waals surface area contributed by atoms with Crippen LogP contribution in [0.2, 0.25) is 0 Å². The molecule has 8 nitrogen and oxygen atoms in total. The van der Waals surface area contributed by atoms with Gasteiger partial charge in [0.05, 0.1) is 23.4 Å². The van der Waals surface area contributed by atoms with E-state index in [1.165, 1.54) is 4.68 Å². The zero-order valence-electron chi connectivity index (χ0n) is 17.5. The van der Waals surface area contributed by atoms with Crippen molar-refractivity contribution in [3.63, 3.8) is 0 Å². The van der Waals surface area contributed by atoms with Crippen molar-refractivity contribution in [2.24, 2.45) is 0 Å². The van der Waals surface area contributed by atoms with Gasteiger partial charge in [-0.05, 0) is 18.7 Å². The third kappa shape index (κ3) is 3.88. The number of ether oxygens (including phenoxy) is 1. The summed E-state index contributed by atoms with van der Waals surface area (Å²) in [7, 11) is 1.63. The molecule has 0 radical (unpaired) electrons. The van der Waals surface area contributed by atoms with E-state index in [0.717, 1.165) is 19.6 Å². The van der Waals surface area contributed by atoms with E-state index in [1.54, 1.807) is 19.5 Å². The van der Waals surface area contributed by atoms with Gasteiger partial charge >= 0.3 is 0 Å². The van der Waals surface area contributed by atoms with Gasteiger partial charge in [-0.1, -0.05) is 25.1 Å². The normalized spacial score (nSPS) is 15.1. The number of amides is 1. The summed E-state index contributed by atoms with van der Waals surface area (Å²) >= 11 is 0. The second kappa shape index (κ2) is 8.81. The smallest absolute Gasteiger partial charge is 0.282 e. The Morgan fingerprint density at radius 3 is 2.50 bits per heavy atom. The minimum absolute atomic E-state index is 0.0831. The van der Waals surface area contributed by atoms with Gasteiger partial charge in [0.2, 0.25) is 0 Å². The highest BCUT2D eigenvalue weighted by Crippen LogP contribution is 2.24. The lowest BCUT2D eigenvalue weighted by Gasteiger charge is -2.34. The molecule has 3 aliphatic rings. The van der Waals surface area contributed by atoms with Crippen LogP contribution in [0.15, 0.2) is 47.5 Å². The largest absolute Gasteiger partial charge is 0.383 e. The van der Waals surface area contributed by atoms with Crippen LogP contribution < -0.4 is 5.56 Å². The number of aromatic nitrogens is 3. The van der Waals surface area contributed by atoms with Crippen LogP contribution in [0.3, 0.4) is 0 Å². The van der Waals surface area contributed by atoms with Gasteiger partial charge in [0, 0.05) is 52.2 Å². The Balaban J connectivity index is 1.77. The Kier molecular flexibility index (Phi) is 5.96. The highest BCUT2D eigenvalue weighted by atomic mass is 16.5. The zero-order valence-corrected chi connectivity index (χ0v) is 17.5. The highest BCUT2D eigenvalue weighted by molar-refractivity contribution is 6.00. The van der Waals surface area contributed by atoms with Crippen LogP contribution >= 0.6 is 0 Å². The highest BCUT2D eigenvalue weighted by Gasteiger charge is 2.28. The van der Waals surface area contributed by atoms with Crippen LogP contribution in [-0.2, 0) is 11.3 Å². The minimum Gasteiger partial charge on any atom is -0.383 e. The maximum atomic E-state index is 13.4. The monoisotopic (exact) mass is 409 g/mol. The van der Waals surface area contributed by atoms with Crippen molar-refractivity contribution in [2.75, 3.05) is 46.4 Å². The number of hydrogen-bond acceptors (Lipinski definition) is 5. The fraction of sp³-hybridized carbons (Fsp3) is 0.409. The van der Waals surface area contributed by atoms with Gasteiger partial charge in [-0.3, -0.25) is 9.59 Å². The van der Waals surface area contributed by atoms with E-state index in [0.29, 0.717) is 48.7 Å². The van der Waals surface area contributed by atoms with E-state index >= 15 is 0 Å². The molecule has 3 heterocycles. The summed E-state index contributed by atoms with van der Waals surface area (Å²) in [6.07, 6.45) is 3.55. The minimum atomic E-state index is -0.229. The first-order chi connectivity index (χ1) is 14.6. The molecular formula is C22H27N5O3. The Morgan fingerprint density at radius 2 is 1.83 bits per heavy atom. The topological polar surface area (TPSA) is 72.6 Å². The number of para-hydroxylation sites is 1. The maximum Gasteiger partial charge on any atom is 0.282 e. The SMILES string of the molecule is CCN1CCN(C(=O)c2cn(CCOC)cc3c(=O)n(-c4ccccc4)nc2-3)CC1. The van der Waals surface area contributed by atoms with Crippen LogP contribution in [0, 0.1) is 0 Å². The predicted molar refractivity (Wildman–Crippen MR) is 114 cm³/mol. The van der Waals surface area contributed by atoms with E-state index < -0.39 is 0 Å². The second-order valence-electron chi connectivity index (χ2n) is 7.44. The van der Waals surface area contributed by atoms with Crippen molar-refractivity contribution in [3.8, 4) is 16.9 Å². The number of nitrogens with zero attached hydrogens (tertiary/aromatic N) is 5. The van der Waals surface area contributed by atoms with E-state index in [9.17, 15) is 9.59 Å². The molecular weight excluding hydrogens is 382 g/mol. The molecule has 1 fully saturated rings. The van der Waals surface area contributed by atoms with Crippen LogP contribution in [0.5, 0.6) is 0 Å². The van der Waals surface area contributed by atoms with Crippen molar-refractivity contribution < 1.29 is 9.53 Å². The standard InChI is InChI=1S/C22H27N5O3/c1-3-24-9-11-26(12-10-24)21(28)18-15-25(13-14-30-2)16-19-20(18)23-27(22(19)29)17-7-5-4-6-8-17/h4-8,15-16H,3,9-14H2,1-2H3. The number of fused-ring (bicyclic) bond motifs is 1. The molecule has 1 aromatic rings. The Bertz CT molecular complexity index is 1030. The maximum absolute atomic E-state index is 13.4. The summed E-state index contributed by atoms with van der Waals surface area (Å²) in [6.45, 7) is 7.20. The summed E-state index contributed by atoms with van der Waals surface area (Å²) in [5, 5.41) is 4.55. The first-order valence-corrected chi connectivity index (χ1v) is 10.3. The molecule has 4 rings (SSSR count). The lowest BCUT2D eigenvalue weighted by atomic mass is 10.1. The molecule has 0 N–H and O–H groups in total. The molecule has 0 unspecified atom stereocenters. The van der Waals surface area contributed by atoms with Crippen molar-refractivity contribution in [1.82, 2.24) is 24.1 Å². The van der Waals surface area contributed by atoms with Crippen molar-refractivity contribution in [3.05, 3.63) is 58.6 Å².